The predicted octanol–water partition coefficient (Wildman–Crippen LogP) is 1.91. The van der Waals surface area contributed by atoms with Gasteiger partial charge in [-0.05, 0) is 32.5 Å². The maximum absolute atomic E-state index is 12.8. The molecule has 2 fully saturated rings. The molecule has 0 N–H and O–H groups in total. The third kappa shape index (κ3) is 2.98. The maximum Gasteiger partial charge on any atom is 0.228 e. The molecule has 2 bridgehead atoms. The zero-order chi connectivity index (χ0) is 18.5. The van der Waals surface area contributed by atoms with Crippen molar-refractivity contribution in [3.63, 3.8) is 0 Å². The van der Waals surface area contributed by atoms with Gasteiger partial charge >= 0.3 is 0 Å². The average Bonchev–Trinajstić information content (AvgIpc) is 3.36. The number of piperazine rings is 1. The highest BCUT2D eigenvalue weighted by Crippen LogP contribution is 2.30. The SMILES string of the molecule is Cc1nnc(-c2cnc3cnc(CC(=O)N4C[C@@H]5C[C@H]4CN5C)cc3c2)s1. The number of hydrogen-bond acceptors (Lipinski definition) is 7. The molecule has 0 aliphatic carbocycles. The number of aromatic nitrogens is 4. The lowest BCUT2D eigenvalue weighted by atomic mass is 10.1. The molecule has 5 rings (SSSR count). The first-order valence-electron chi connectivity index (χ1n) is 9.12. The molecule has 7 nitrogen and oxygen atoms in total. The second-order valence-corrected chi connectivity index (χ2v) is 8.61. The lowest BCUT2D eigenvalue weighted by Gasteiger charge is -2.32. The summed E-state index contributed by atoms with van der Waals surface area (Å²) in [5.41, 5.74) is 2.55. The number of pyridine rings is 2. The third-order valence-corrected chi connectivity index (χ3v) is 6.45. The van der Waals surface area contributed by atoms with E-state index in [9.17, 15) is 4.79 Å². The molecule has 1 amide bonds. The minimum Gasteiger partial charge on any atom is -0.336 e. The summed E-state index contributed by atoms with van der Waals surface area (Å²) in [6, 6.07) is 4.90. The van der Waals surface area contributed by atoms with Crippen LogP contribution in [-0.2, 0) is 11.2 Å². The lowest BCUT2D eigenvalue weighted by Crippen LogP contribution is -2.47. The first-order valence-corrected chi connectivity index (χ1v) is 9.93. The van der Waals surface area contributed by atoms with Gasteiger partial charge < -0.3 is 4.90 Å². The topological polar surface area (TPSA) is 75.1 Å². The van der Waals surface area contributed by atoms with Crippen molar-refractivity contribution in [1.82, 2.24) is 30.0 Å². The number of rotatable bonds is 3. The molecule has 0 saturated carbocycles. The number of likely N-dealkylation sites (N-methyl/N-ethyl adjacent to an activating group) is 1. The maximum atomic E-state index is 12.8. The van der Waals surface area contributed by atoms with Crippen molar-refractivity contribution in [1.29, 1.82) is 0 Å². The standard InChI is InChI=1S/C19H20N6OS/c1-11-22-23-19(27-11)13-3-12-4-14(20-8-17(12)21-7-13)5-18(26)25-10-15-6-16(25)9-24(15)2/h3-4,7-8,15-16H,5-6,9-10H2,1-2H3/t15-,16-/m0/s1. The highest BCUT2D eigenvalue weighted by molar-refractivity contribution is 7.14. The molecule has 0 aromatic carbocycles. The van der Waals surface area contributed by atoms with Crippen molar-refractivity contribution in [2.24, 2.45) is 0 Å². The van der Waals surface area contributed by atoms with Gasteiger partial charge in [0, 0.05) is 42.3 Å². The summed E-state index contributed by atoms with van der Waals surface area (Å²) in [5, 5.41) is 11.0. The van der Waals surface area contributed by atoms with Crippen LogP contribution in [0.5, 0.6) is 0 Å². The smallest absolute Gasteiger partial charge is 0.228 e. The Morgan fingerprint density at radius 1 is 1.19 bits per heavy atom. The van der Waals surface area contributed by atoms with Crippen LogP contribution < -0.4 is 0 Å². The fourth-order valence-electron chi connectivity index (χ4n) is 4.13. The second-order valence-electron chi connectivity index (χ2n) is 7.42. The van der Waals surface area contributed by atoms with E-state index in [2.05, 4.69) is 32.1 Å². The Bertz CT molecular complexity index is 1030. The second kappa shape index (κ2) is 6.31. The number of hydrogen-bond donors (Lipinski definition) is 0. The Hall–Kier alpha value is -2.45. The molecule has 2 saturated heterocycles. The molecule has 2 aliphatic heterocycles. The first-order chi connectivity index (χ1) is 13.1. The Kier molecular flexibility index (Phi) is 3.91. The summed E-state index contributed by atoms with van der Waals surface area (Å²) in [4.78, 5) is 26.1. The number of amides is 1. The highest BCUT2D eigenvalue weighted by Gasteiger charge is 2.43. The van der Waals surface area contributed by atoms with Crippen molar-refractivity contribution in [3.05, 3.63) is 35.2 Å². The molecule has 27 heavy (non-hydrogen) atoms. The quantitative estimate of drug-likeness (QED) is 0.691. The van der Waals surface area contributed by atoms with E-state index >= 15 is 0 Å². The molecule has 5 heterocycles. The van der Waals surface area contributed by atoms with Gasteiger partial charge in [-0.15, -0.1) is 10.2 Å². The minimum absolute atomic E-state index is 0.173. The van der Waals surface area contributed by atoms with Crippen molar-refractivity contribution in [3.8, 4) is 10.6 Å². The molecule has 3 aromatic rings. The summed E-state index contributed by atoms with van der Waals surface area (Å²) in [6.45, 7) is 3.76. The van der Waals surface area contributed by atoms with Gasteiger partial charge in [-0.2, -0.15) is 0 Å². The van der Waals surface area contributed by atoms with Crippen LogP contribution in [0.4, 0.5) is 0 Å². The Morgan fingerprint density at radius 2 is 2.07 bits per heavy atom. The summed E-state index contributed by atoms with van der Waals surface area (Å²) in [6.07, 6.45) is 4.98. The number of carbonyl (C=O) groups excluding carboxylic acids is 1. The van der Waals surface area contributed by atoms with E-state index in [-0.39, 0.29) is 5.91 Å². The molecular formula is C19H20N6OS. The number of aryl methyl sites for hydroxylation is 1. The van der Waals surface area contributed by atoms with Gasteiger partial charge in [0.05, 0.1) is 23.8 Å². The van der Waals surface area contributed by atoms with E-state index in [0.29, 0.717) is 18.5 Å². The van der Waals surface area contributed by atoms with Crippen LogP contribution >= 0.6 is 11.3 Å². The Morgan fingerprint density at radius 3 is 2.78 bits per heavy atom. The molecule has 138 valence electrons. The predicted molar refractivity (Wildman–Crippen MR) is 103 cm³/mol. The first kappa shape index (κ1) is 16.7. The van der Waals surface area contributed by atoms with E-state index in [1.165, 1.54) is 0 Å². The fraction of sp³-hybridized carbons (Fsp3) is 0.421. The van der Waals surface area contributed by atoms with Crippen molar-refractivity contribution >= 4 is 28.1 Å². The lowest BCUT2D eigenvalue weighted by molar-refractivity contribution is -0.132. The molecule has 0 unspecified atom stereocenters. The molecular weight excluding hydrogens is 360 g/mol. The Balaban J connectivity index is 1.38. The zero-order valence-electron chi connectivity index (χ0n) is 15.3. The number of likely N-dealkylation sites (tertiary alicyclic amines) is 2. The summed E-state index contributed by atoms with van der Waals surface area (Å²) >= 11 is 1.55. The molecule has 0 spiro atoms. The van der Waals surface area contributed by atoms with Crippen LogP contribution in [0.3, 0.4) is 0 Å². The van der Waals surface area contributed by atoms with Crippen LogP contribution in [0.15, 0.2) is 24.5 Å². The number of carbonyl (C=O) groups is 1. The minimum atomic E-state index is 0.173. The van der Waals surface area contributed by atoms with Gasteiger partial charge in [0.1, 0.15) is 10.0 Å². The van der Waals surface area contributed by atoms with E-state index in [1.807, 2.05) is 24.0 Å². The van der Waals surface area contributed by atoms with Crippen LogP contribution in [0.1, 0.15) is 17.1 Å². The van der Waals surface area contributed by atoms with Crippen LogP contribution in [0, 0.1) is 6.92 Å². The van der Waals surface area contributed by atoms with Crippen molar-refractivity contribution in [2.75, 3.05) is 20.1 Å². The molecule has 0 radical (unpaired) electrons. The molecule has 2 aliphatic rings. The van der Waals surface area contributed by atoms with Crippen molar-refractivity contribution in [2.45, 2.75) is 31.8 Å². The summed E-state index contributed by atoms with van der Waals surface area (Å²) < 4.78 is 0. The highest BCUT2D eigenvalue weighted by atomic mass is 32.1. The number of nitrogens with zero attached hydrogens (tertiary/aromatic N) is 6. The van der Waals surface area contributed by atoms with Crippen molar-refractivity contribution < 1.29 is 4.79 Å². The summed E-state index contributed by atoms with van der Waals surface area (Å²) in [5.74, 6) is 0.173. The fourth-order valence-corrected chi connectivity index (χ4v) is 4.80. The van der Waals surface area contributed by atoms with Gasteiger partial charge in [-0.25, -0.2) is 0 Å². The normalized spacial score (nSPS) is 22.1. The van der Waals surface area contributed by atoms with Crippen LogP contribution in [-0.4, -0.2) is 68.1 Å². The van der Waals surface area contributed by atoms with E-state index in [4.69, 9.17) is 0 Å². The van der Waals surface area contributed by atoms with Gasteiger partial charge in [0.25, 0.3) is 0 Å². The van der Waals surface area contributed by atoms with Crippen LogP contribution in [0.25, 0.3) is 21.5 Å². The van der Waals surface area contributed by atoms with Crippen LogP contribution in [0.2, 0.25) is 0 Å². The molecule has 8 heteroatoms. The molecule has 2 atom stereocenters. The van der Waals surface area contributed by atoms with E-state index in [1.54, 1.807) is 23.7 Å². The number of fused-ring (bicyclic) bond motifs is 3. The summed E-state index contributed by atoms with van der Waals surface area (Å²) in [7, 11) is 2.14. The largest absolute Gasteiger partial charge is 0.336 e. The van der Waals surface area contributed by atoms with Gasteiger partial charge in [0.2, 0.25) is 5.91 Å². The van der Waals surface area contributed by atoms with E-state index in [0.717, 1.165) is 51.7 Å². The van der Waals surface area contributed by atoms with Gasteiger partial charge in [-0.3, -0.25) is 19.7 Å². The average molecular weight is 380 g/mol. The van der Waals surface area contributed by atoms with Gasteiger partial charge in [-0.1, -0.05) is 11.3 Å². The van der Waals surface area contributed by atoms with Gasteiger partial charge in [0.15, 0.2) is 0 Å². The van der Waals surface area contributed by atoms with E-state index < -0.39 is 0 Å². The third-order valence-electron chi connectivity index (χ3n) is 5.56. The monoisotopic (exact) mass is 380 g/mol. The molecule has 3 aromatic heterocycles. The Labute approximate surface area is 161 Å². The zero-order valence-corrected chi connectivity index (χ0v) is 16.1.